The third kappa shape index (κ3) is 5.72. The Balaban J connectivity index is 0.00000312. The molecule has 6 heteroatoms. The van der Waals surface area contributed by atoms with Crippen LogP contribution in [0, 0.1) is 5.92 Å². The van der Waals surface area contributed by atoms with Gasteiger partial charge in [0.1, 0.15) is 0 Å². The number of nitrogens with one attached hydrogen (secondary N) is 1. The molecule has 0 spiro atoms. The third-order valence-corrected chi connectivity index (χ3v) is 4.86. The van der Waals surface area contributed by atoms with E-state index in [9.17, 15) is 9.59 Å². The first-order valence-corrected chi connectivity index (χ1v) is 8.68. The van der Waals surface area contributed by atoms with Crippen LogP contribution in [0.3, 0.4) is 0 Å². The SMILES string of the molecule is CN(C)C(=O)c1cccc(CCNC(=O)C2CCCCC2(C)N)c1.Cl. The average molecular weight is 368 g/mol. The van der Waals surface area contributed by atoms with Crippen molar-refractivity contribution in [2.24, 2.45) is 11.7 Å². The Labute approximate surface area is 156 Å². The highest BCUT2D eigenvalue weighted by Gasteiger charge is 2.37. The van der Waals surface area contributed by atoms with Gasteiger partial charge in [-0.25, -0.2) is 0 Å². The summed E-state index contributed by atoms with van der Waals surface area (Å²) in [4.78, 5) is 26.0. The summed E-state index contributed by atoms with van der Waals surface area (Å²) in [6, 6.07) is 7.56. The van der Waals surface area contributed by atoms with E-state index in [0.717, 1.165) is 31.2 Å². The lowest BCUT2D eigenvalue weighted by atomic mass is 9.74. The number of benzene rings is 1. The lowest BCUT2D eigenvalue weighted by Gasteiger charge is -2.37. The highest BCUT2D eigenvalue weighted by molar-refractivity contribution is 5.94. The summed E-state index contributed by atoms with van der Waals surface area (Å²) in [5, 5.41) is 3.01. The minimum atomic E-state index is -0.402. The largest absolute Gasteiger partial charge is 0.355 e. The number of carbonyl (C=O) groups is 2. The third-order valence-electron chi connectivity index (χ3n) is 4.86. The topological polar surface area (TPSA) is 75.4 Å². The maximum absolute atomic E-state index is 12.4. The second-order valence-corrected chi connectivity index (χ2v) is 7.25. The van der Waals surface area contributed by atoms with Gasteiger partial charge in [0.25, 0.3) is 5.91 Å². The van der Waals surface area contributed by atoms with Gasteiger partial charge in [-0.15, -0.1) is 12.4 Å². The Hall–Kier alpha value is -1.59. The number of amides is 2. The summed E-state index contributed by atoms with van der Waals surface area (Å²) in [7, 11) is 3.48. The molecule has 1 fully saturated rings. The first-order valence-electron chi connectivity index (χ1n) is 8.68. The van der Waals surface area contributed by atoms with Gasteiger partial charge in [-0.1, -0.05) is 25.0 Å². The van der Waals surface area contributed by atoms with Gasteiger partial charge in [0.15, 0.2) is 0 Å². The lowest BCUT2D eigenvalue weighted by Crippen LogP contribution is -2.53. The van der Waals surface area contributed by atoms with Crippen molar-refractivity contribution in [3.63, 3.8) is 0 Å². The van der Waals surface area contributed by atoms with E-state index >= 15 is 0 Å². The van der Waals surface area contributed by atoms with Crippen molar-refractivity contribution in [1.82, 2.24) is 10.2 Å². The van der Waals surface area contributed by atoms with Crippen LogP contribution in [-0.2, 0) is 11.2 Å². The molecule has 3 N–H and O–H groups in total. The maximum atomic E-state index is 12.4. The van der Waals surface area contributed by atoms with E-state index in [0.29, 0.717) is 18.5 Å². The van der Waals surface area contributed by atoms with Crippen LogP contribution in [0.15, 0.2) is 24.3 Å². The predicted octanol–water partition coefficient (Wildman–Crippen LogP) is 2.38. The van der Waals surface area contributed by atoms with Crippen molar-refractivity contribution in [2.75, 3.05) is 20.6 Å². The highest BCUT2D eigenvalue weighted by Crippen LogP contribution is 2.31. The van der Waals surface area contributed by atoms with E-state index in [1.807, 2.05) is 31.2 Å². The van der Waals surface area contributed by atoms with Crippen LogP contribution in [-0.4, -0.2) is 42.9 Å². The molecule has 1 aliphatic rings. The van der Waals surface area contributed by atoms with Crippen LogP contribution in [0.4, 0.5) is 0 Å². The second-order valence-electron chi connectivity index (χ2n) is 7.25. The molecule has 0 bridgehead atoms. The molecule has 0 aromatic heterocycles. The fraction of sp³-hybridized carbons (Fsp3) is 0.579. The summed E-state index contributed by atoms with van der Waals surface area (Å²) in [5.41, 5.74) is 7.60. The summed E-state index contributed by atoms with van der Waals surface area (Å²) in [5.74, 6) is -0.0601. The molecule has 0 radical (unpaired) electrons. The van der Waals surface area contributed by atoms with Crippen molar-refractivity contribution in [3.05, 3.63) is 35.4 Å². The Morgan fingerprint density at radius 3 is 2.68 bits per heavy atom. The van der Waals surface area contributed by atoms with Crippen molar-refractivity contribution in [2.45, 2.75) is 44.6 Å². The Kier molecular flexibility index (Phi) is 7.90. The molecule has 1 aromatic rings. The second kappa shape index (κ2) is 9.20. The molecular weight excluding hydrogens is 338 g/mol. The molecule has 2 unspecified atom stereocenters. The number of hydrogen-bond donors (Lipinski definition) is 2. The molecule has 140 valence electrons. The predicted molar refractivity (Wildman–Crippen MR) is 103 cm³/mol. The zero-order chi connectivity index (χ0) is 17.7. The van der Waals surface area contributed by atoms with Crippen molar-refractivity contribution >= 4 is 24.2 Å². The van der Waals surface area contributed by atoms with Crippen molar-refractivity contribution < 1.29 is 9.59 Å². The standard InChI is InChI=1S/C19H29N3O2.ClH/c1-19(20)11-5-4-9-16(19)17(23)21-12-10-14-7-6-8-15(13-14)18(24)22(2)3;/h6-8,13,16H,4-5,9-12,20H2,1-3H3,(H,21,23);1H. The van der Waals surface area contributed by atoms with Crippen LogP contribution in [0.25, 0.3) is 0 Å². The van der Waals surface area contributed by atoms with E-state index < -0.39 is 5.54 Å². The minimum Gasteiger partial charge on any atom is -0.355 e. The number of nitrogens with zero attached hydrogens (tertiary/aromatic N) is 1. The maximum Gasteiger partial charge on any atom is 0.253 e. The van der Waals surface area contributed by atoms with Crippen LogP contribution >= 0.6 is 12.4 Å². The molecule has 2 atom stereocenters. The quantitative estimate of drug-likeness (QED) is 0.838. The van der Waals surface area contributed by atoms with E-state index in [2.05, 4.69) is 5.32 Å². The summed E-state index contributed by atoms with van der Waals surface area (Å²) in [6.45, 7) is 2.54. The van der Waals surface area contributed by atoms with Gasteiger partial charge >= 0.3 is 0 Å². The van der Waals surface area contributed by atoms with E-state index in [-0.39, 0.29) is 30.1 Å². The van der Waals surface area contributed by atoms with Gasteiger partial charge < -0.3 is 16.0 Å². The van der Waals surface area contributed by atoms with E-state index in [4.69, 9.17) is 5.73 Å². The highest BCUT2D eigenvalue weighted by atomic mass is 35.5. The van der Waals surface area contributed by atoms with Gasteiger partial charge in [0, 0.05) is 31.7 Å². The minimum absolute atomic E-state index is 0. The summed E-state index contributed by atoms with van der Waals surface area (Å²) in [6.07, 6.45) is 4.64. The van der Waals surface area contributed by atoms with Gasteiger partial charge in [-0.05, 0) is 43.9 Å². The zero-order valence-electron chi connectivity index (χ0n) is 15.4. The molecule has 2 amide bonds. The van der Waals surface area contributed by atoms with Gasteiger partial charge in [-0.2, -0.15) is 0 Å². The first-order chi connectivity index (χ1) is 11.3. The molecule has 0 saturated heterocycles. The van der Waals surface area contributed by atoms with Crippen LogP contribution in [0.2, 0.25) is 0 Å². The Bertz CT molecular complexity index is 602. The Morgan fingerprint density at radius 1 is 1.32 bits per heavy atom. The van der Waals surface area contributed by atoms with Crippen molar-refractivity contribution in [1.29, 1.82) is 0 Å². The monoisotopic (exact) mass is 367 g/mol. The molecule has 0 heterocycles. The molecule has 1 saturated carbocycles. The fourth-order valence-corrected chi connectivity index (χ4v) is 3.36. The lowest BCUT2D eigenvalue weighted by molar-refractivity contribution is -0.128. The van der Waals surface area contributed by atoms with Crippen LogP contribution in [0.1, 0.15) is 48.5 Å². The number of rotatable bonds is 5. The molecule has 0 aliphatic heterocycles. The van der Waals surface area contributed by atoms with Crippen molar-refractivity contribution in [3.8, 4) is 0 Å². The fourth-order valence-electron chi connectivity index (χ4n) is 3.36. The molecule has 5 nitrogen and oxygen atoms in total. The normalized spacial score (nSPS) is 22.6. The Morgan fingerprint density at radius 2 is 2.04 bits per heavy atom. The van der Waals surface area contributed by atoms with Gasteiger partial charge in [-0.3, -0.25) is 9.59 Å². The number of halogens is 1. The summed E-state index contributed by atoms with van der Waals surface area (Å²) < 4.78 is 0. The number of nitrogens with two attached hydrogens (primary N) is 1. The molecule has 25 heavy (non-hydrogen) atoms. The van der Waals surface area contributed by atoms with Gasteiger partial charge in [0.05, 0.1) is 5.92 Å². The van der Waals surface area contributed by atoms with Crippen LogP contribution < -0.4 is 11.1 Å². The average Bonchev–Trinajstić information content (AvgIpc) is 2.53. The molecular formula is C19H30ClN3O2. The van der Waals surface area contributed by atoms with Gasteiger partial charge in [0.2, 0.25) is 5.91 Å². The molecule has 1 aliphatic carbocycles. The van der Waals surface area contributed by atoms with E-state index in [1.54, 1.807) is 19.0 Å². The van der Waals surface area contributed by atoms with Crippen LogP contribution in [0.5, 0.6) is 0 Å². The first kappa shape index (κ1) is 21.5. The number of hydrogen-bond acceptors (Lipinski definition) is 3. The van der Waals surface area contributed by atoms with E-state index in [1.165, 1.54) is 0 Å². The molecule has 1 aromatic carbocycles. The number of carbonyl (C=O) groups excluding carboxylic acids is 2. The summed E-state index contributed by atoms with van der Waals surface area (Å²) >= 11 is 0. The zero-order valence-corrected chi connectivity index (χ0v) is 16.2. The molecule has 2 rings (SSSR count). The smallest absolute Gasteiger partial charge is 0.253 e.